The second-order valence-corrected chi connectivity index (χ2v) is 4.31. The monoisotopic (exact) mass is 225 g/mol. The molecule has 1 unspecified atom stereocenters. The number of piperidine rings is 1. The summed E-state index contributed by atoms with van der Waals surface area (Å²) in [6.45, 7) is 1.74. The zero-order valence-corrected chi connectivity index (χ0v) is 9.45. The van der Waals surface area contributed by atoms with Crippen molar-refractivity contribution in [3.8, 4) is 0 Å². The van der Waals surface area contributed by atoms with E-state index in [9.17, 15) is 0 Å². The maximum absolute atomic E-state index is 6.13. The average molecular weight is 226 g/mol. The van der Waals surface area contributed by atoms with E-state index in [-0.39, 0.29) is 0 Å². The number of nitrogens with zero attached hydrogens (tertiary/aromatic N) is 2. The molecule has 1 saturated heterocycles. The Hall–Kier alpha value is -0.800. The van der Waals surface area contributed by atoms with Crippen LogP contribution < -0.4 is 10.6 Å². The number of hydrogen-bond acceptors (Lipinski definition) is 3. The third-order valence-corrected chi connectivity index (χ3v) is 3.25. The lowest BCUT2D eigenvalue weighted by molar-refractivity contribution is 0.465. The Kier molecular flexibility index (Phi) is 3.44. The van der Waals surface area contributed by atoms with Crippen molar-refractivity contribution in [1.82, 2.24) is 4.98 Å². The quantitative estimate of drug-likeness (QED) is 0.838. The zero-order chi connectivity index (χ0) is 10.7. The summed E-state index contributed by atoms with van der Waals surface area (Å²) in [7, 11) is 0. The Morgan fingerprint density at radius 3 is 3.13 bits per heavy atom. The largest absolute Gasteiger partial charge is 0.366 e. The first-order valence-corrected chi connectivity index (χ1v) is 5.77. The summed E-state index contributed by atoms with van der Waals surface area (Å²) < 4.78 is 0. The van der Waals surface area contributed by atoms with Crippen LogP contribution in [0.4, 0.5) is 5.69 Å². The Bertz CT molecular complexity index is 329. The normalized spacial score (nSPS) is 21.7. The maximum atomic E-state index is 6.13. The zero-order valence-electron chi connectivity index (χ0n) is 8.69. The highest BCUT2D eigenvalue weighted by molar-refractivity contribution is 6.33. The fourth-order valence-corrected chi connectivity index (χ4v) is 2.39. The lowest BCUT2D eigenvalue weighted by Crippen LogP contribution is -2.44. The molecular formula is C11H16ClN3. The van der Waals surface area contributed by atoms with Gasteiger partial charge in [-0.1, -0.05) is 11.6 Å². The van der Waals surface area contributed by atoms with E-state index in [1.54, 1.807) is 12.4 Å². The van der Waals surface area contributed by atoms with E-state index in [0.29, 0.717) is 12.6 Å². The van der Waals surface area contributed by atoms with Gasteiger partial charge >= 0.3 is 0 Å². The van der Waals surface area contributed by atoms with Crippen molar-refractivity contribution in [1.29, 1.82) is 0 Å². The van der Waals surface area contributed by atoms with Crippen LogP contribution in [0.3, 0.4) is 0 Å². The highest BCUT2D eigenvalue weighted by Crippen LogP contribution is 2.29. The van der Waals surface area contributed by atoms with Gasteiger partial charge in [0.1, 0.15) is 0 Å². The second kappa shape index (κ2) is 4.81. The first-order chi connectivity index (χ1) is 7.33. The minimum absolute atomic E-state index is 0.429. The van der Waals surface area contributed by atoms with Gasteiger partial charge in [0, 0.05) is 31.5 Å². The molecule has 1 aliphatic rings. The fraction of sp³-hybridized carbons (Fsp3) is 0.545. The molecule has 2 rings (SSSR count). The third kappa shape index (κ3) is 2.24. The van der Waals surface area contributed by atoms with Crippen LogP contribution in [-0.2, 0) is 0 Å². The van der Waals surface area contributed by atoms with Gasteiger partial charge in [0.25, 0.3) is 0 Å². The van der Waals surface area contributed by atoms with Crippen LogP contribution in [0.15, 0.2) is 18.5 Å². The summed E-state index contributed by atoms with van der Waals surface area (Å²) in [4.78, 5) is 6.31. The summed E-state index contributed by atoms with van der Waals surface area (Å²) in [5.41, 5.74) is 6.85. The first-order valence-electron chi connectivity index (χ1n) is 5.39. The number of aromatic nitrogens is 1. The van der Waals surface area contributed by atoms with Gasteiger partial charge in [0.2, 0.25) is 0 Å². The molecule has 1 aromatic heterocycles. The SMILES string of the molecule is NCC1CCCCN1c1ccncc1Cl. The molecule has 0 saturated carbocycles. The van der Waals surface area contributed by atoms with E-state index in [2.05, 4.69) is 9.88 Å². The topological polar surface area (TPSA) is 42.1 Å². The summed E-state index contributed by atoms with van der Waals surface area (Å²) in [6.07, 6.45) is 7.12. The molecule has 1 fully saturated rings. The minimum Gasteiger partial charge on any atom is -0.366 e. The molecule has 15 heavy (non-hydrogen) atoms. The van der Waals surface area contributed by atoms with Gasteiger partial charge in [-0.25, -0.2) is 0 Å². The molecule has 0 spiro atoms. The molecule has 2 N–H and O–H groups in total. The molecule has 2 heterocycles. The Labute approximate surface area is 95.2 Å². The van der Waals surface area contributed by atoms with Gasteiger partial charge in [-0.2, -0.15) is 0 Å². The molecule has 0 bridgehead atoms. The van der Waals surface area contributed by atoms with Gasteiger partial charge in [-0.05, 0) is 25.3 Å². The molecule has 82 valence electrons. The number of hydrogen-bond donors (Lipinski definition) is 1. The summed E-state index contributed by atoms with van der Waals surface area (Å²) in [5.74, 6) is 0. The van der Waals surface area contributed by atoms with Gasteiger partial charge in [-0.3, -0.25) is 4.98 Å². The van der Waals surface area contributed by atoms with E-state index < -0.39 is 0 Å². The maximum Gasteiger partial charge on any atom is 0.0822 e. The smallest absolute Gasteiger partial charge is 0.0822 e. The molecule has 3 nitrogen and oxygen atoms in total. The number of pyridine rings is 1. The Balaban J connectivity index is 2.24. The van der Waals surface area contributed by atoms with Crippen LogP contribution >= 0.6 is 11.6 Å². The standard InChI is InChI=1S/C11H16ClN3/c12-10-8-14-5-4-11(10)15-6-2-1-3-9(15)7-13/h4-5,8-9H,1-3,6-7,13H2. The predicted octanol–water partition coefficient (Wildman–Crippen LogP) is 2.05. The van der Waals surface area contributed by atoms with Crippen LogP contribution in [-0.4, -0.2) is 24.1 Å². The minimum atomic E-state index is 0.429. The van der Waals surface area contributed by atoms with Gasteiger partial charge in [-0.15, -0.1) is 0 Å². The first kappa shape index (κ1) is 10.7. The average Bonchev–Trinajstić information content (AvgIpc) is 2.30. The molecule has 1 aromatic rings. The van der Waals surface area contributed by atoms with Crippen molar-refractivity contribution >= 4 is 17.3 Å². The number of halogens is 1. The van der Waals surface area contributed by atoms with Crippen molar-refractivity contribution in [2.75, 3.05) is 18.0 Å². The molecule has 1 atom stereocenters. The lowest BCUT2D eigenvalue weighted by atomic mass is 10.0. The lowest BCUT2D eigenvalue weighted by Gasteiger charge is -2.37. The van der Waals surface area contributed by atoms with Gasteiger partial charge < -0.3 is 10.6 Å². The second-order valence-electron chi connectivity index (χ2n) is 3.91. The summed E-state index contributed by atoms with van der Waals surface area (Å²) >= 11 is 6.13. The van der Waals surface area contributed by atoms with Crippen molar-refractivity contribution < 1.29 is 0 Å². The Morgan fingerprint density at radius 2 is 2.40 bits per heavy atom. The van der Waals surface area contributed by atoms with Crippen LogP contribution in [0.1, 0.15) is 19.3 Å². The molecule has 4 heteroatoms. The third-order valence-electron chi connectivity index (χ3n) is 2.96. The van der Waals surface area contributed by atoms with Crippen molar-refractivity contribution in [2.45, 2.75) is 25.3 Å². The number of rotatable bonds is 2. The number of nitrogens with two attached hydrogens (primary N) is 1. The summed E-state index contributed by atoms with van der Waals surface area (Å²) in [5, 5.41) is 0.720. The van der Waals surface area contributed by atoms with E-state index in [0.717, 1.165) is 23.7 Å². The van der Waals surface area contributed by atoms with Crippen molar-refractivity contribution in [3.63, 3.8) is 0 Å². The fourth-order valence-electron chi connectivity index (χ4n) is 2.16. The molecule has 1 aliphatic heterocycles. The van der Waals surface area contributed by atoms with E-state index >= 15 is 0 Å². The van der Waals surface area contributed by atoms with Crippen LogP contribution in [0.25, 0.3) is 0 Å². The summed E-state index contributed by atoms with van der Waals surface area (Å²) in [6, 6.07) is 2.40. The molecular weight excluding hydrogens is 210 g/mol. The van der Waals surface area contributed by atoms with Gasteiger partial charge in [0.15, 0.2) is 0 Å². The van der Waals surface area contributed by atoms with Crippen molar-refractivity contribution in [2.24, 2.45) is 5.73 Å². The van der Waals surface area contributed by atoms with Crippen molar-refractivity contribution in [3.05, 3.63) is 23.5 Å². The molecule has 0 aromatic carbocycles. The van der Waals surface area contributed by atoms with E-state index in [1.165, 1.54) is 12.8 Å². The Morgan fingerprint density at radius 1 is 1.53 bits per heavy atom. The highest BCUT2D eigenvalue weighted by Gasteiger charge is 2.22. The highest BCUT2D eigenvalue weighted by atomic mass is 35.5. The van der Waals surface area contributed by atoms with Crippen LogP contribution in [0.5, 0.6) is 0 Å². The van der Waals surface area contributed by atoms with Crippen LogP contribution in [0, 0.1) is 0 Å². The molecule has 0 aliphatic carbocycles. The van der Waals surface area contributed by atoms with Gasteiger partial charge in [0.05, 0.1) is 10.7 Å². The van der Waals surface area contributed by atoms with E-state index in [1.807, 2.05) is 6.07 Å². The molecule has 0 amide bonds. The molecule has 0 radical (unpaired) electrons. The van der Waals surface area contributed by atoms with E-state index in [4.69, 9.17) is 17.3 Å². The van der Waals surface area contributed by atoms with Crippen LogP contribution in [0.2, 0.25) is 5.02 Å². The number of anilines is 1. The predicted molar refractivity (Wildman–Crippen MR) is 63.3 cm³/mol.